The molecule has 2 fully saturated rings. The summed E-state index contributed by atoms with van der Waals surface area (Å²) < 4.78 is 11.5. The number of carbonyl (C=O) groups is 2. The van der Waals surface area contributed by atoms with Crippen molar-refractivity contribution in [2.24, 2.45) is 0 Å². The number of benzene rings is 1. The molecular weight excluding hydrogens is 336 g/mol. The van der Waals surface area contributed by atoms with Gasteiger partial charge in [0.25, 0.3) is 11.5 Å². The van der Waals surface area contributed by atoms with Gasteiger partial charge in [-0.1, -0.05) is 0 Å². The lowest BCUT2D eigenvalue weighted by atomic mass is 9.98. The first-order valence-corrected chi connectivity index (χ1v) is 8.84. The molecule has 0 radical (unpaired) electrons. The smallest absolute Gasteiger partial charge is 0.269 e. The summed E-state index contributed by atoms with van der Waals surface area (Å²) in [6.07, 6.45) is 6.17. The van der Waals surface area contributed by atoms with E-state index in [1.54, 1.807) is 20.2 Å². The number of ketones is 1. The zero-order chi connectivity index (χ0) is 18.3. The summed E-state index contributed by atoms with van der Waals surface area (Å²) in [4.78, 5) is 31.4. The van der Waals surface area contributed by atoms with E-state index >= 15 is 0 Å². The van der Waals surface area contributed by atoms with Gasteiger partial charge in [-0.25, -0.2) is 4.84 Å². The molecular formula is C19H22N2O5. The highest BCUT2D eigenvalue weighted by atomic mass is 16.7. The number of hydroxylamine groups is 1. The Bertz CT molecular complexity index is 784. The fourth-order valence-corrected chi connectivity index (χ4v) is 3.71. The Hall–Kier alpha value is -2.54. The van der Waals surface area contributed by atoms with Crippen molar-refractivity contribution in [1.82, 2.24) is 10.4 Å². The van der Waals surface area contributed by atoms with Crippen molar-refractivity contribution in [3.05, 3.63) is 29.8 Å². The van der Waals surface area contributed by atoms with Gasteiger partial charge in [0.2, 0.25) is 0 Å². The minimum atomic E-state index is -1.56. The van der Waals surface area contributed by atoms with Gasteiger partial charge in [-0.05, 0) is 50.0 Å². The zero-order valence-electron chi connectivity index (χ0n) is 14.9. The van der Waals surface area contributed by atoms with Gasteiger partial charge in [0.1, 0.15) is 0 Å². The van der Waals surface area contributed by atoms with Crippen LogP contribution in [0.4, 0.5) is 0 Å². The zero-order valence-corrected chi connectivity index (χ0v) is 14.9. The van der Waals surface area contributed by atoms with Crippen LogP contribution in [0.2, 0.25) is 0 Å². The molecule has 1 saturated heterocycles. The predicted octanol–water partition coefficient (Wildman–Crippen LogP) is 1.67. The maximum absolute atomic E-state index is 12.4. The van der Waals surface area contributed by atoms with Crippen molar-refractivity contribution < 1.29 is 23.9 Å². The highest BCUT2D eigenvalue weighted by Gasteiger charge is 2.56. The van der Waals surface area contributed by atoms with Gasteiger partial charge >= 0.3 is 0 Å². The summed E-state index contributed by atoms with van der Waals surface area (Å²) in [5.74, 6) is 0.675. The highest BCUT2D eigenvalue weighted by molar-refractivity contribution is 6.19. The summed E-state index contributed by atoms with van der Waals surface area (Å²) in [5, 5.41) is 0. The second-order valence-corrected chi connectivity index (χ2v) is 6.97. The second kappa shape index (κ2) is 6.32. The van der Waals surface area contributed by atoms with Gasteiger partial charge in [-0.2, -0.15) is 0 Å². The number of rotatable bonds is 4. The number of amides is 1. The fourth-order valence-electron chi connectivity index (χ4n) is 3.71. The molecule has 7 heteroatoms. The van der Waals surface area contributed by atoms with E-state index in [9.17, 15) is 9.59 Å². The number of nitrogens with one attached hydrogen (secondary N) is 1. The number of likely N-dealkylation sites (tertiary alicyclic amines) is 1. The second-order valence-electron chi connectivity index (χ2n) is 6.97. The van der Waals surface area contributed by atoms with Gasteiger partial charge in [-0.15, -0.1) is 0 Å². The predicted molar refractivity (Wildman–Crippen MR) is 93.5 cm³/mol. The summed E-state index contributed by atoms with van der Waals surface area (Å²) in [7, 11) is 3.19. The Balaban J connectivity index is 1.64. The van der Waals surface area contributed by atoms with Crippen LogP contribution in [0.25, 0.3) is 5.70 Å². The molecule has 3 aliphatic rings. The number of ether oxygens (including phenoxy) is 2. The average Bonchev–Trinajstić information content (AvgIpc) is 3.35. The Kier molecular flexibility index (Phi) is 4.11. The number of methoxy groups -OCH3 is 1. The lowest BCUT2D eigenvalue weighted by molar-refractivity contribution is -0.151. The SMILES string of the molecule is COc1ccc(C2=CC3(ON2)C(=O)CN(C)C3=O)cc1OC1CCCC1. The first kappa shape index (κ1) is 16.9. The molecule has 1 N–H and O–H groups in total. The van der Waals surface area contributed by atoms with Gasteiger partial charge in [0.05, 0.1) is 25.5 Å². The van der Waals surface area contributed by atoms with Crippen molar-refractivity contribution in [2.75, 3.05) is 20.7 Å². The third-order valence-corrected chi connectivity index (χ3v) is 5.20. The average molecular weight is 358 g/mol. The Morgan fingerprint density at radius 2 is 2.00 bits per heavy atom. The summed E-state index contributed by atoms with van der Waals surface area (Å²) in [5.41, 5.74) is 2.52. The molecule has 1 aromatic rings. The first-order chi connectivity index (χ1) is 12.5. The Morgan fingerprint density at radius 1 is 1.23 bits per heavy atom. The van der Waals surface area contributed by atoms with E-state index < -0.39 is 5.60 Å². The maximum Gasteiger partial charge on any atom is 0.269 e. The lowest BCUT2D eigenvalue weighted by Gasteiger charge is -2.17. The molecule has 138 valence electrons. The van der Waals surface area contributed by atoms with E-state index in [0.29, 0.717) is 17.2 Å². The Labute approximate surface area is 151 Å². The number of nitrogens with zero attached hydrogens (tertiary/aromatic N) is 1. The quantitative estimate of drug-likeness (QED) is 0.825. The molecule has 1 atom stereocenters. The van der Waals surface area contributed by atoms with Crippen LogP contribution < -0.4 is 15.0 Å². The van der Waals surface area contributed by atoms with Crippen LogP contribution in [-0.2, 0) is 14.4 Å². The Morgan fingerprint density at radius 3 is 2.65 bits per heavy atom. The van der Waals surface area contributed by atoms with E-state index in [1.807, 2.05) is 18.2 Å². The van der Waals surface area contributed by atoms with E-state index in [-0.39, 0.29) is 24.3 Å². The number of hydrogen-bond donors (Lipinski definition) is 1. The molecule has 1 aromatic carbocycles. The number of Topliss-reactive ketones (excluding diaryl/α,β-unsaturated/α-hetero) is 1. The molecule has 1 unspecified atom stereocenters. The first-order valence-electron chi connectivity index (χ1n) is 8.84. The third-order valence-electron chi connectivity index (χ3n) is 5.20. The van der Waals surface area contributed by atoms with Crippen LogP contribution in [0.15, 0.2) is 24.3 Å². The minimum absolute atomic E-state index is 0.0446. The summed E-state index contributed by atoms with van der Waals surface area (Å²) >= 11 is 0. The molecule has 1 saturated carbocycles. The highest BCUT2D eigenvalue weighted by Crippen LogP contribution is 2.37. The number of hydrogen-bond acceptors (Lipinski definition) is 6. The fraction of sp³-hybridized carbons (Fsp3) is 0.474. The standard InChI is InChI=1S/C19H22N2O5/c1-21-11-17(22)19(18(21)23)10-14(20-26-19)12-7-8-15(24-2)16(9-12)25-13-5-3-4-6-13/h7-10,13,20H,3-6,11H2,1-2H3. The van der Waals surface area contributed by atoms with Gasteiger partial charge in [-0.3, -0.25) is 15.1 Å². The van der Waals surface area contributed by atoms with Crippen molar-refractivity contribution in [3.8, 4) is 11.5 Å². The monoisotopic (exact) mass is 358 g/mol. The van der Waals surface area contributed by atoms with E-state index in [2.05, 4.69) is 5.48 Å². The van der Waals surface area contributed by atoms with Gasteiger partial charge in [0.15, 0.2) is 17.3 Å². The molecule has 1 spiro atoms. The van der Waals surface area contributed by atoms with Crippen LogP contribution in [0, 0.1) is 0 Å². The largest absolute Gasteiger partial charge is 0.493 e. The van der Waals surface area contributed by atoms with Crippen molar-refractivity contribution in [1.29, 1.82) is 0 Å². The minimum Gasteiger partial charge on any atom is -0.493 e. The molecule has 0 bridgehead atoms. The molecule has 0 aromatic heterocycles. The topological polar surface area (TPSA) is 77.1 Å². The van der Waals surface area contributed by atoms with Gasteiger partial charge in [0, 0.05) is 12.6 Å². The van der Waals surface area contributed by atoms with E-state index in [1.165, 1.54) is 17.7 Å². The lowest BCUT2D eigenvalue weighted by Crippen LogP contribution is -2.43. The number of carbonyl (C=O) groups excluding carboxylic acids is 2. The van der Waals surface area contributed by atoms with Gasteiger partial charge < -0.3 is 14.4 Å². The molecule has 7 nitrogen and oxygen atoms in total. The van der Waals surface area contributed by atoms with Crippen molar-refractivity contribution in [3.63, 3.8) is 0 Å². The van der Waals surface area contributed by atoms with Crippen LogP contribution in [-0.4, -0.2) is 49.0 Å². The number of likely N-dealkylation sites (N-methyl/N-ethyl adjacent to an activating group) is 1. The molecule has 2 heterocycles. The van der Waals surface area contributed by atoms with Crippen LogP contribution in [0.1, 0.15) is 31.2 Å². The molecule has 26 heavy (non-hydrogen) atoms. The molecule has 1 amide bonds. The molecule has 2 aliphatic heterocycles. The van der Waals surface area contributed by atoms with Crippen molar-refractivity contribution in [2.45, 2.75) is 37.4 Å². The van der Waals surface area contributed by atoms with Crippen LogP contribution in [0.3, 0.4) is 0 Å². The normalized spacial score (nSPS) is 25.8. The summed E-state index contributed by atoms with van der Waals surface area (Å²) in [6.45, 7) is 0.0446. The van der Waals surface area contributed by atoms with Crippen LogP contribution in [0.5, 0.6) is 11.5 Å². The van der Waals surface area contributed by atoms with E-state index in [0.717, 1.165) is 18.4 Å². The van der Waals surface area contributed by atoms with Crippen molar-refractivity contribution >= 4 is 17.4 Å². The maximum atomic E-state index is 12.4. The molecule has 4 rings (SSSR count). The summed E-state index contributed by atoms with van der Waals surface area (Å²) in [6, 6.07) is 5.51. The molecule has 1 aliphatic carbocycles. The van der Waals surface area contributed by atoms with Crippen LogP contribution >= 0.6 is 0 Å². The van der Waals surface area contributed by atoms with E-state index in [4.69, 9.17) is 14.3 Å². The third kappa shape index (κ3) is 2.63.